The van der Waals surface area contributed by atoms with E-state index < -0.39 is 5.97 Å². The van der Waals surface area contributed by atoms with Gasteiger partial charge >= 0.3 is 5.97 Å². The number of anilines is 1. The standard InChI is InChI=1S/C21H23N9O3/c1-2-3-4-18-24-11-16(29(18)12-14-5-7-15(8-6-14)20(32)33)19(31)30(21-25-27-28-26-21)13-17-22-9-10-23-17/h5-11H,2-4,12-13H2,1H3,(H,22,23)(H,32,33)(H,25,26,27,28). The number of carboxylic acid groups (broad SMARTS) is 1. The SMILES string of the molecule is CCCCc1ncc(C(=O)N(Cc2ncc[nH]2)c2nn[nH]n2)n1Cc1ccc(C(=O)O)cc1. The summed E-state index contributed by atoms with van der Waals surface area (Å²) in [6.45, 7) is 2.57. The monoisotopic (exact) mass is 449 g/mol. The Kier molecular flexibility index (Phi) is 6.53. The van der Waals surface area contributed by atoms with Crippen LogP contribution in [0.4, 0.5) is 5.95 Å². The first-order valence-corrected chi connectivity index (χ1v) is 10.5. The van der Waals surface area contributed by atoms with Crippen LogP contribution in [0.2, 0.25) is 0 Å². The molecule has 0 aliphatic heterocycles. The van der Waals surface area contributed by atoms with Crippen LogP contribution >= 0.6 is 0 Å². The molecule has 0 saturated heterocycles. The number of carbonyl (C=O) groups excluding carboxylic acids is 1. The van der Waals surface area contributed by atoms with Crippen molar-refractivity contribution in [3.8, 4) is 0 Å². The number of nitrogens with zero attached hydrogens (tertiary/aromatic N) is 7. The zero-order valence-electron chi connectivity index (χ0n) is 18.0. The summed E-state index contributed by atoms with van der Waals surface area (Å²) in [5, 5.41) is 23.0. The summed E-state index contributed by atoms with van der Waals surface area (Å²) in [5.74, 6) is 0.107. The predicted octanol–water partition coefficient (Wildman–Crippen LogP) is 2.06. The Balaban J connectivity index is 1.68. The van der Waals surface area contributed by atoms with Crippen molar-refractivity contribution in [2.45, 2.75) is 39.3 Å². The number of nitrogens with one attached hydrogen (secondary N) is 2. The number of hydrogen-bond acceptors (Lipinski definition) is 7. The van der Waals surface area contributed by atoms with Crippen molar-refractivity contribution in [2.24, 2.45) is 0 Å². The zero-order chi connectivity index (χ0) is 23.2. The maximum Gasteiger partial charge on any atom is 0.335 e. The van der Waals surface area contributed by atoms with E-state index in [0.29, 0.717) is 24.5 Å². The van der Waals surface area contributed by atoms with Crippen LogP contribution in [0.5, 0.6) is 0 Å². The number of tetrazole rings is 1. The highest BCUT2D eigenvalue weighted by molar-refractivity contribution is 6.03. The van der Waals surface area contributed by atoms with Crippen molar-refractivity contribution in [3.63, 3.8) is 0 Å². The highest BCUT2D eigenvalue weighted by atomic mass is 16.4. The topological polar surface area (TPSA) is 159 Å². The van der Waals surface area contributed by atoms with Gasteiger partial charge in [0.2, 0.25) is 0 Å². The Morgan fingerprint density at radius 1 is 1.18 bits per heavy atom. The summed E-state index contributed by atoms with van der Waals surface area (Å²) in [5.41, 5.74) is 1.41. The first-order valence-electron chi connectivity index (χ1n) is 10.5. The van der Waals surface area contributed by atoms with Gasteiger partial charge in [0.1, 0.15) is 17.3 Å². The van der Waals surface area contributed by atoms with E-state index in [2.05, 4.69) is 42.5 Å². The van der Waals surface area contributed by atoms with Gasteiger partial charge in [-0.3, -0.25) is 9.69 Å². The molecule has 12 heteroatoms. The number of aromatic carboxylic acids is 1. The van der Waals surface area contributed by atoms with E-state index in [0.717, 1.165) is 24.2 Å². The molecule has 0 atom stereocenters. The second-order valence-electron chi connectivity index (χ2n) is 7.39. The third-order valence-corrected chi connectivity index (χ3v) is 5.14. The number of rotatable bonds is 10. The fourth-order valence-corrected chi connectivity index (χ4v) is 3.41. The number of aromatic nitrogens is 8. The molecule has 0 bridgehead atoms. The van der Waals surface area contributed by atoms with Crippen molar-refractivity contribution in [3.05, 3.63) is 71.3 Å². The molecule has 0 fully saturated rings. The van der Waals surface area contributed by atoms with Gasteiger partial charge < -0.3 is 14.7 Å². The largest absolute Gasteiger partial charge is 0.478 e. The van der Waals surface area contributed by atoms with Crippen LogP contribution < -0.4 is 4.90 Å². The van der Waals surface area contributed by atoms with Gasteiger partial charge in [0.05, 0.1) is 18.3 Å². The molecule has 1 amide bonds. The molecule has 0 radical (unpaired) electrons. The minimum Gasteiger partial charge on any atom is -0.478 e. The van der Waals surface area contributed by atoms with Crippen molar-refractivity contribution in [1.29, 1.82) is 0 Å². The first-order chi connectivity index (χ1) is 16.1. The molecule has 170 valence electrons. The van der Waals surface area contributed by atoms with E-state index in [1.807, 2.05) is 4.57 Å². The van der Waals surface area contributed by atoms with E-state index in [1.54, 1.807) is 42.9 Å². The van der Waals surface area contributed by atoms with Crippen LogP contribution in [0.15, 0.2) is 42.9 Å². The number of aryl methyl sites for hydroxylation is 1. The number of benzene rings is 1. The Hall–Kier alpha value is -4.35. The Bertz CT molecular complexity index is 1200. The lowest BCUT2D eigenvalue weighted by atomic mass is 10.1. The number of carbonyl (C=O) groups is 2. The van der Waals surface area contributed by atoms with Crippen molar-refractivity contribution in [1.82, 2.24) is 40.1 Å². The molecule has 0 spiro atoms. The normalized spacial score (nSPS) is 10.9. The van der Waals surface area contributed by atoms with Gasteiger partial charge in [-0.2, -0.15) is 5.21 Å². The minimum absolute atomic E-state index is 0.116. The molecule has 0 aliphatic rings. The summed E-state index contributed by atoms with van der Waals surface area (Å²) in [4.78, 5) is 37.9. The lowest BCUT2D eigenvalue weighted by Gasteiger charge is -2.19. The highest BCUT2D eigenvalue weighted by Crippen LogP contribution is 2.18. The molecule has 0 saturated carbocycles. The average molecular weight is 449 g/mol. The van der Waals surface area contributed by atoms with E-state index in [-0.39, 0.29) is 24.0 Å². The van der Waals surface area contributed by atoms with Crippen molar-refractivity contribution in [2.75, 3.05) is 4.90 Å². The molecule has 0 unspecified atom stereocenters. The number of aromatic amines is 2. The van der Waals surface area contributed by atoms with Crippen molar-refractivity contribution < 1.29 is 14.7 Å². The predicted molar refractivity (Wildman–Crippen MR) is 117 cm³/mol. The number of unbranched alkanes of at least 4 members (excludes halogenated alkanes) is 1. The van der Waals surface area contributed by atoms with Gasteiger partial charge in [-0.05, 0) is 29.3 Å². The number of H-pyrrole nitrogens is 2. The third-order valence-electron chi connectivity index (χ3n) is 5.14. The fraction of sp³-hybridized carbons (Fsp3) is 0.286. The molecule has 3 N–H and O–H groups in total. The Morgan fingerprint density at radius 2 is 2.00 bits per heavy atom. The van der Waals surface area contributed by atoms with E-state index in [1.165, 1.54) is 4.90 Å². The van der Waals surface area contributed by atoms with Crippen molar-refractivity contribution >= 4 is 17.8 Å². The van der Waals surface area contributed by atoms with E-state index in [4.69, 9.17) is 5.11 Å². The second-order valence-corrected chi connectivity index (χ2v) is 7.39. The Morgan fingerprint density at radius 3 is 2.64 bits per heavy atom. The lowest BCUT2D eigenvalue weighted by molar-refractivity contribution is 0.0696. The van der Waals surface area contributed by atoms with Crippen LogP contribution in [0, 0.1) is 0 Å². The van der Waals surface area contributed by atoms with Gasteiger partial charge in [0.15, 0.2) is 0 Å². The zero-order valence-corrected chi connectivity index (χ0v) is 18.0. The summed E-state index contributed by atoms with van der Waals surface area (Å²) in [6, 6.07) is 6.57. The molecule has 3 heterocycles. The van der Waals surface area contributed by atoms with Gasteiger partial charge in [-0.25, -0.2) is 14.8 Å². The minimum atomic E-state index is -0.989. The summed E-state index contributed by atoms with van der Waals surface area (Å²) in [6.07, 6.45) is 7.43. The second kappa shape index (κ2) is 9.85. The van der Waals surface area contributed by atoms with Gasteiger partial charge in [-0.1, -0.05) is 30.6 Å². The van der Waals surface area contributed by atoms with Gasteiger partial charge in [-0.15, -0.1) is 5.10 Å². The maximum absolute atomic E-state index is 13.6. The average Bonchev–Trinajstić information content (AvgIpc) is 3.59. The van der Waals surface area contributed by atoms with Gasteiger partial charge in [0.25, 0.3) is 11.9 Å². The molecule has 1 aromatic carbocycles. The molecule has 3 aromatic heterocycles. The molecule has 4 aromatic rings. The molecular formula is C21H23N9O3. The number of amides is 1. The molecule has 33 heavy (non-hydrogen) atoms. The first kappa shape index (κ1) is 21.9. The summed E-state index contributed by atoms with van der Waals surface area (Å²) < 4.78 is 1.85. The molecule has 4 rings (SSSR count). The smallest absolute Gasteiger partial charge is 0.335 e. The number of carboxylic acids is 1. The van der Waals surface area contributed by atoms with E-state index in [9.17, 15) is 9.59 Å². The Labute approximate surface area is 188 Å². The van der Waals surface area contributed by atoms with Crippen LogP contribution in [0.3, 0.4) is 0 Å². The van der Waals surface area contributed by atoms with Crippen LogP contribution in [0.25, 0.3) is 0 Å². The van der Waals surface area contributed by atoms with Crippen LogP contribution in [0.1, 0.15) is 57.8 Å². The lowest BCUT2D eigenvalue weighted by Crippen LogP contribution is -2.33. The maximum atomic E-state index is 13.6. The number of imidazole rings is 2. The quantitative estimate of drug-likeness (QED) is 0.332. The van der Waals surface area contributed by atoms with Crippen LogP contribution in [-0.2, 0) is 19.5 Å². The summed E-state index contributed by atoms with van der Waals surface area (Å²) in [7, 11) is 0. The highest BCUT2D eigenvalue weighted by Gasteiger charge is 2.27. The summed E-state index contributed by atoms with van der Waals surface area (Å²) >= 11 is 0. The third kappa shape index (κ3) is 4.95. The molecule has 0 aliphatic carbocycles. The molecule has 12 nitrogen and oxygen atoms in total. The van der Waals surface area contributed by atoms with E-state index >= 15 is 0 Å². The molecular weight excluding hydrogens is 426 g/mol. The number of hydrogen-bond donors (Lipinski definition) is 3. The van der Waals surface area contributed by atoms with Gasteiger partial charge in [0, 0.05) is 25.4 Å². The van der Waals surface area contributed by atoms with Crippen LogP contribution in [-0.4, -0.2) is 57.1 Å². The fourth-order valence-electron chi connectivity index (χ4n) is 3.41.